The van der Waals surface area contributed by atoms with Crippen LogP contribution in [0.15, 0.2) is 12.7 Å². The van der Waals surface area contributed by atoms with Gasteiger partial charge in [-0.25, -0.2) is 4.98 Å². The molecule has 1 heterocycles. The second kappa shape index (κ2) is 8.29. The minimum absolute atomic E-state index is 0.0252. The van der Waals surface area contributed by atoms with Gasteiger partial charge in [-0.1, -0.05) is 13.8 Å². The third-order valence-electron chi connectivity index (χ3n) is 2.89. The molecule has 1 rings (SSSR count). The largest absolute Gasteiger partial charge is 0.481 e. The van der Waals surface area contributed by atoms with E-state index in [9.17, 15) is 9.59 Å². The minimum atomic E-state index is -0.826. The standard InChI is InChI=1S/C13H22N4O3/c1-10(2)5-11(6-13(19)20)7-15-12(18)3-4-17-9-14-8-16-17/h8-11H,3-7H2,1-2H3,(H,15,18)(H,19,20). The van der Waals surface area contributed by atoms with Crippen LogP contribution in [0.3, 0.4) is 0 Å². The van der Waals surface area contributed by atoms with Crippen molar-refractivity contribution in [2.75, 3.05) is 6.54 Å². The molecule has 0 saturated heterocycles. The van der Waals surface area contributed by atoms with Gasteiger partial charge in [-0.3, -0.25) is 14.3 Å². The molecule has 1 atom stereocenters. The number of carboxylic acids is 1. The van der Waals surface area contributed by atoms with E-state index in [0.717, 1.165) is 6.42 Å². The quantitative estimate of drug-likeness (QED) is 0.702. The molecule has 7 heteroatoms. The van der Waals surface area contributed by atoms with E-state index in [2.05, 4.69) is 15.4 Å². The van der Waals surface area contributed by atoms with Crippen LogP contribution in [0.4, 0.5) is 0 Å². The maximum atomic E-state index is 11.7. The Morgan fingerprint density at radius 1 is 1.40 bits per heavy atom. The van der Waals surface area contributed by atoms with E-state index in [4.69, 9.17) is 5.11 Å². The van der Waals surface area contributed by atoms with Crippen molar-refractivity contribution in [1.82, 2.24) is 20.1 Å². The van der Waals surface area contributed by atoms with Crippen molar-refractivity contribution < 1.29 is 14.7 Å². The number of carbonyl (C=O) groups excluding carboxylic acids is 1. The third kappa shape index (κ3) is 6.86. The van der Waals surface area contributed by atoms with Crippen molar-refractivity contribution in [3.63, 3.8) is 0 Å². The summed E-state index contributed by atoms with van der Waals surface area (Å²) in [7, 11) is 0. The van der Waals surface area contributed by atoms with Crippen molar-refractivity contribution >= 4 is 11.9 Å². The van der Waals surface area contributed by atoms with Gasteiger partial charge in [0.1, 0.15) is 12.7 Å². The lowest BCUT2D eigenvalue weighted by Crippen LogP contribution is -2.31. The zero-order chi connectivity index (χ0) is 15.0. The molecular weight excluding hydrogens is 260 g/mol. The Hall–Kier alpha value is -1.92. The molecular formula is C13H22N4O3. The first-order chi connectivity index (χ1) is 9.47. The van der Waals surface area contributed by atoms with Gasteiger partial charge in [0.25, 0.3) is 0 Å². The summed E-state index contributed by atoms with van der Waals surface area (Å²) in [6, 6.07) is 0. The summed E-state index contributed by atoms with van der Waals surface area (Å²) in [5.74, 6) is -0.540. The maximum Gasteiger partial charge on any atom is 0.303 e. The van der Waals surface area contributed by atoms with E-state index >= 15 is 0 Å². The number of aryl methyl sites for hydroxylation is 1. The van der Waals surface area contributed by atoms with E-state index in [-0.39, 0.29) is 18.2 Å². The minimum Gasteiger partial charge on any atom is -0.481 e. The lowest BCUT2D eigenvalue weighted by atomic mass is 9.94. The Morgan fingerprint density at radius 2 is 2.15 bits per heavy atom. The van der Waals surface area contributed by atoms with E-state index in [1.54, 1.807) is 11.0 Å². The molecule has 1 aromatic rings. The molecule has 1 unspecified atom stereocenters. The summed E-state index contributed by atoms with van der Waals surface area (Å²) in [5.41, 5.74) is 0. The molecule has 0 aliphatic carbocycles. The van der Waals surface area contributed by atoms with Crippen molar-refractivity contribution in [2.24, 2.45) is 11.8 Å². The van der Waals surface area contributed by atoms with Gasteiger partial charge in [0.15, 0.2) is 0 Å². The highest BCUT2D eigenvalue weighted by Crippen LogP contribution is 2.14. The molecule has 0 radical (unpaired) electrons. The summed E-state index contributed by atoms with van der Waals surface area (Å²) in [6.45, 7) is 4.96. The molecule has 0 bridgehead atoms. The average molecular weight is 282 g/mol. The smallest absolute Gasteiger partial charge is 0.303 e. The van der Waals surface area contributed by atoms with Crippen LogP contribution >= 0.6 is 0 Å². The number of hydrogen-bond acceptors (Lipinski definition) is 4. The zero-order valence-corrected chi connectivity index (χ0v) is 12.0. The van der Waals surface area contributed by atoms with Crippen LogP contribution in [0.1, 0.15) is 33.1 Å². The first kappa shape index (κ1) is 16.1. The fourth-order valence-corrected chi connectivity index (χ4v) is 2.06. The Balaban J connectivity index is 2.30. The Kier molecular flexibility index (Phi) is 6.69. The van der Waals surface area contributed by atoms with Crippen molar-refractivity contribution in [3.05, 3.63) is 12.7 Å². The average Bonchev–Trinajstić information content (AvgIpc) is 2.85. The highest BCUT2D eigenvalue weighted by Gasteiger charge is 2.16. The molecule has 0 aliphatic heterocycles. The summed E-state index contributed by atoms with van der Waals surface area (Å²) in [4.78, 5) is 26.3. The van der Waals surface area contributed by atoms with Gasteiger partial charge in [-0.05, 0) is 18.3 Å². The highest BCUT2D eigenvalue weighted by molar-refractivity contribution is 5.75. The number of rotatable bonds is 9. The van der Waals surface area contributed by atoms with Crippen LogP contribution in [0.2, 0.25) is 0 Å². The van der Waals surface area contributed by atoms with Crippen LogP contribution in [0.25, 0.3) is 0 Å². The summed E-state index contributed by atoms with van der Waals surface area (Å²) in [6.07, 6.45) is 4.16. The monoisotopic (exact) mass is 282 g/mol. The fourth-order valence-electron chi connectivity index (χ4n) is 2.06. The molecule has 20 heavy (non-hydrogen) atoms. The van der Waals surface area contributed by atoms with Gasteiger partial charge in [0.2, 0.25) is 5.91 Å². The fraction of sp³-hybridized carbons (Fsp3) is 0.692. The van der Waals surface area contributed by atoms with Gasteiger partial charge >= 0.3 is 5.97 Å². The van der Waals surface area contributed by atoms with Crippen LogP contribution in [-0.4, -0.2) is 38.3 Å². The van der Waals surface area contributed by atoms with E-state index in [1.165, 1.54) is 6.33 Å². The van der Waals surface area contributed by atoms with Crippen molar-refractivity contribution in [2.45, 2.75) is 39.7 Å². The van der Waals surface area contributed by atoms with Crippen LogP contribution in [-0.2, 0) is 16.1 Å². The van der Waals surface area contributed by atoms with Gasteiger partial charge in [-0.2, -0.15) is 5.10 Å². The van der Waals surface area contributed by atoms with Gasteiger partial charge < -0.3 is 10.4 Å². The Labute approximate surface area is 118 Å². The lowest BCUT2D eigenvalue weighted by Gasteiger charge is -2.17. The second-order valence-electron chi connectivity index (χ2n) is 5.31. The molecule has 0 aliphatic rings. The van der Waals surface area contributed by atoms with Crippen LogP contribution in [0.5, 0.6) is 0 Å². The SMILES string of the molecule is CC(C)CC(CNC(=O)CCn1cncn1)CC(=O)O. The van der Waals surface area contributed by atoms with Gasteiger partial charge in [0, 0.05) is 19.4 Å². The van der Waals surface area contributed by atoms with Crippen molar-refractivity contribution in [1.29, 1.82) is 0 Å². The summed E-state index contributed by atoms with van der Waals surface area (Å²) < 4.78 is 1.59. The third-order valence-corrected chi connectivity index (χ3v) is 2.89. The normalized spacial score (nSPS) is 12.3. The van der Waals surface area contributed by atoms with E-state index < -0.39 is 5.97 Å². The molecule has 7 nitrogen and oxygen atoms in total. The number of nitrogens with zero attached hydrogens (tertiary/aromatic N) is 3. The topological polar surface area (TPSA) is 97.1 Å². The number of hydrogen-bond donors (Lipinski definition) is 2. The number of carbonyl (C=O) groups is 2. The summed E-state index contributed by atoms with van der Waals surface area (Å²) in [5, 5.41) is 15.6. The molecule has 2 N–H and O–H groups in total. The second-order valence-corrected chi connectivity index (χ2v) is 5.31. The predicted molar refractivity (Wildman–Crippen MR) is 72.8 cm³/mol. The first-order valence-corrected chi connectivity index (χ1v) is 6.78. The lowest BCUT2D eigenvalue weighted by molar-refractivity contribution is -0.138. The maximum absolute atomic E-state index is 11.7. The molecule has 0 spiro atoms. The number of amides is 1. The van der Waals surface area contributed by atoms with Crippen LogP contribution in [0, 0.1) is 11.8 Å². The van der Waals surface area contributed by atoms with E-state index in [0.29, 0.717) is 25.4 Å². The predicted octanol–water partition coefficient (Wildman–Crippen LogP) is 0.921. The van der Waals surface area contributed by atoms with Crippen LogP contribution < -0.4 is 5.32 Å². The Bertz CT molecular complexity index is 417. The molecule has 0 aromatic carbocycles. The van der Waals surface area contributed by atoms with Gasteiger partial charge in [0.05, 0.1) is 6.54 Å². The highest BCUT2D eigenvalue weighted by atomic mass is 16.4. The Morgan fingerprint density at radius 3 is 2.70 bits per heavy atom. The molecule has 1 amide bonds. The van der Waals surface area contributed by atoms with Gasteiger partial charge in [-0.15, -0.1) is 0 Å². The molecule has 0 fully saturated rings. The molecule has 0 saturated carbocycles. The first-order valence-electron chi connectivity index (χ1n) is 6.78. The number of nitrogens with one attached hydrogen (secondary N) is 1. The number of aromatic nitrogens is 3. The number of aliphatic carboxylic acids is 1. The van der Waals surface area contributed by atoms with E-state index in [1.807, 2.05) is 13.8 Å². The zero-order valence-electron chi connectivity index (χ0n) is 12.0. The molecule has 1 aromatic heterocycles. The summed E-state index contributed by atoms with van der Waals surface area (Å²) >= 11 is 0. The number of carboxylic acid groups (broad SMARTS) is 1. The molecule has 112 valence electrons. The van der Waals surface area contributed by atoms with Crippen molar-refractivity contribution in [3.8, 4) is 0 Å².